The maximum absolute atomic E-state index is 6.16. The fourth-order valence-corrected chi connectivity index (χ4v) is 2.73. The summed E-state index contributed by atoms with van der Waals surface area (Å²) in [5.41, 5.74) is 8.37. The van der Waals surface area contributed by atoms with Crippen LogP contribution in [0.4, 0.5) is 0 Å². The first-order chi connectivity index (χ1) is 11.6. The van der Waals surface area contributed by atoms with Gasteiger partial charge in [0.25, 0.3) is 0 Å². The lowest BCUT2D eigenvalue weighted by Crippen LogP contribution is -2.12. The van der Waals surface area contributed by atoms with Crippen LogP contribution in [0.25, 0.3) is 0 Å². The highest BCUT2D eigenvalue weighted by molar-refractivity contribution is 6.42. The highest BCUT2D eigenvalue weighted by Crippen LogP contribution is 2.24. The molecule has 2 aromatic carbocycles. The molecular formula is C18H17Cl2N3O. The summed E-state index contributed by atoms with van der Waals surface area (Å²) in [6.07, 6.45) is 2.14. The van der Waals surface area contributed by atoms with Crippen LogP contribution in [0.1, 0.15) is 35.3 Å². The number of benzene rings is 2. The van der Waals surface area contributed by atoms with E-state index in [1.807, 2.05) is 24.3 Å². The molecule has 1 atom stereocenters. The maximum Gasteiger partial charge on any atom is 0.243 e. The van der Waals surface area contributed by atoms with Crippen LogP contribution < -0.4 is 5.73 Å². The Morgan fingerprint density at radius 1 is 1.00 bits per heavy atom. The molecule has 2 N–H and O–H groups in total. The molecule has 0 aliphatic rings. The number of hydrogen-bond acceptors (Lipinski definition) is 4. The van der Waals surface area contributed by atoms with E-state index in [0.717, 1.165) is 18.4 Å². The van der Waals surface area contributed by atoms with Crippen molar-refractivity contribution in [3.63, 3.8) is 0 Å². The Labute approximate surface area is 150 Å². The molecule has 3 rings (SSSR count). The van der Waals surface area contributed by atoms with E-state index in [9.17, 15) is 0 Å². The monoisotopic (exact) mass is 361 g/mol. The van der Waals surface area contributed by atoms with Crippen molar-refractivity contribution >= 4 is 23.2 Å². The average Bonchev–Trinajstić information content (AvgIpc) is 3.05. The fraction of sp³-hybridized carbons (Fsp3) is 0.222. The van der Waals surface area contributed by atoms with Gasteiger partial charge in [0.2, 0.25) is 5.89 Å². The third-order valence-corrected chi connectivity index (χ3v) is 4.47. The first-order valence-electron chi connectivity index (χ1n) is 7.68. The van der Waals surface area contributed by atoms with Gasteiger partial charge >= 0.3 is 0 Å². The van der Waals surface area contributed by atoms with Crippen molar-refractivity contribution in [1.82, 2.24) is 10.1 Å². The van der Waals surface area contributed by atoms with Crippen LogP contribution in [0.3, 0.4) is 0 Å². The summed E-state index contributed by atoms with van der Waals surface area (Å²) in [5.74, 6) is 1.04. The molecule has 124 valence electrons. The number of halogens is 2. The van der Waals surface area contributed by atoms with Gasteiger partial charge in [-0.2, -0.15) is 4.98 Å². The number of nitrogens with two attached hydrogens (primary N) is 1. The van der Waals surface area contributed by atoms with Crippen molar-refractivity contribution in [3.8, 4) is 0 Å². The fourth-order valence-electron chi connectivity index (χ4n) is 2.41. The largest absolute Gasteiger partial charge is 0.338 e. The molecule has 24 heavy (non-hydrogen) atoms. The number of hydrogen-bond donors (Lipinski definition) is 1. The minimum absolute atomic E-state index is 0.278. The van der Waals surface area contributed by atoms with E-state index in [1.54, 1.807) is 12.1 Å². The molecule has 3 aromatic rings. The van der Waals surface area contributed by atoms with Crippen LogP contribution in [0.15, 0.2) is 53.1 Å². The molecule has 1 heterocycles. The molecule has 4 nitrogen and oxygen atoms in total. The Morgan fingerprint density at radius 2 is 1.79 bits per heavy atom. The van der Waals surface area contributed by atoms with Gasteiger partial charge in [0.15, 0.2) is 5.82 Å². The first-order valence-corrected chi connectivity index (χ1v) is 8.43. The molecule has 6 heteroatoms. The van der Waals surface area contributed by atoms with Gasteiger partial charge in [-0.25, -0.2) is 0 Å². The van der Waals surface area contributed by atoms with Crippen molar-refractivity contribution in [2.75, 3.05) is 0 Å². The van der Waals surface area contributed by atoms with E-state index in [2.05, 4.69) is 22.3 Å². The summed E-state index contributed by atoms with van der Waals surface area (Å²) >= 11 is 11.9. The minimum Gasteiger partial charge on any atom is -0.338 e. The van der Waals surface area contributed by atoms with E-state index >= 15 is 0 Å². The summed E-state index contributed by atoms with van der Waals surface area (Å²) in [4.78, 5) is 4.39. The Hall–Kier alpha value is -1.88. The molecular weight excluding hydrogens is 345 g/mol. The normalized spacial score (nSPS) is 12.3. The van der Waals surface area contributed by atoms with Gasteiger partial charge in [0, 0.05) is 6.42 Å². The Morgan fingerprint density at radius 3 is 2.54 bits per heavy atom. The van der Waals surface area contributed by atoms with Gasteiger partial charge < -0.3 is 10.3 Å². The summed E-state index contributed by atoms with van der Waals surface area (Å²) in [7, 11) is 0. The Bertz CT molecular complexity index is 805. The third kappa shape index (κ3) is 4.35. The van der Waals surface area contributed by atoms with E-state index < -0.39 is 0 Å². The van der Waals surface area contributed by atoms with Crippen LogP contribution >= 0.6 is 23.2 Å². The van der Waals surface area contributed by atoms with Crippen molar-refractivity contribution in [3.05, 3.63) is 81.4 Å². The van der Waals surface area contributed by atoms with Crippen LogP contribution in [-0.4, -0.2) is 10.1 Å². The minimum atomic E-state index is -0.278. The van der Waals surface area contributed by atoms with E-state index in [1.165, 1.54) is 5.56 Å². The summed E-state index contributed by atoms with van der Waals surface area (Å²) < 4.78 is 5.30. The quantitative estimate of drug-likeness (QED) is 0.696. The van der Waals surface area contributed by atoms with Gasteiger partial charge in [0.1, 0.15) is 0 Å². The predicted molar refractivity (Wildman–Crippen MR) is 95.3 cm³/mol. The molecule has 0 saturated carbocycles. The zero-order valence-electron chi connectivity index (χ0n) is 13.0. The molecule has 0 unspecified atom stereocenters. The lowest BCUT2D eigenvalue weighted by atomic mass is 10.1. The van der Waals surface area contributed by atoms with E-state index in [4.69, 9.17) is 33.5 Å². The highest BCUT2D eigenvalue weighted by atomic mass is 35.5. The Kier molecular flexibility index (Phi) is 5.51. The molecule has 0 spiro atoms. The second kappa shape index (κ2) is 7.79. The number of rotatable bonds is 6. The Balaban J connectivity index is 1.61. The van der Waals surface area contributed by atoms with Gasteiger partial charge in [-0.1, -0.05) is 64.8 Å². The maximum atomic E-state index is 6.16. The summed E-state index contributed by atoms with van der Waals surface area (Å²) in [6.45, 7) is 0. The topological polar surface area (TPSA) is 64.9 Å². The van der Waals surface area contributed by atoms with E-state index in [-0.39, 0.29) is 6.04 Å². The molecule has 1 aromatic heterocycles. The lowest BCUT2D eigenvalue weighted by molar-refractivity contribution is 0.345. The second-order valence-corrected chi connectivity index (χ2v) is 6.42. The molecule has 0 amide bonds. The molecule has 0 aliphatic heterocycles. The van der Waals surface area contributed by atoms with Crippen molar-refractivity contribution in [2.24, 2.45) is 5.73 Å². The van der Waals surface area contributed by atoms with Gasteiger partial charge in [-0.3, -0.25) is 0 Å². The van der Waals surface area contributed by atoms with Gasteiger partial charge in [0.05, 0.1) is 16.1 Å². The zero-order chi connectivity index (χ0) is 16.9. The molecule has 0 aliphatic carbocycles. The van der Waals surface area contributed by atoms with Crippen LogP contribution in [0.2, 0.25) is 10.0 Å². The van der Waals surface area contributed by atoms with Crippen molar-refractivity contribution in [1.29, 1.82) is 0 Å². The third-order valence-electron chi connectivity index (χ3n) is 3.73. The van der Waals surface area contributed by atoms with Crippen LogP contribution in [-0.2, 0) is 12.8 Å². The molecule has 0 fully saturated rings. The average molecular weight is 362 g/mol. The molecule has 0 saturated heterocycles. The lowest BCUT2D eigenvalue weighted by Gasteiger charge is -2.06. The van der Waals surface area contributed by atoms with Crippen LogP contribution in [0, 0.1) is 0 Å². The standard InChI is InChI=1S/C18H17Cl2N3O/c19-14-8-6-13(10-15(14)20)11-17-22-18(24-23-17)16(21)9-7-12-4-2-1-3-5-12/h1-6,8,10,16H,7,9,11,21H2/t16-/m0/s1. The van der Waals surface area contributed by atoms with Crippen molar-refractivity contribution in [2.45, 2.75) is 25.3 Å². The predicted octanol–water partition coefficient (Wildman–Crippen LogP) is 4.60. The SMILES string of the molecule is N[C@@H](CCc1ccccc1)c1nc(Cc2ccc(Cl)c(Cl)c2)no1. The number of aromatic nitrogens is 2. The van der Waals surface area contributed by atoms with E-state index in [0.29, 0.717) is 28.2 Å². The smallest absolute Gasteiger partial charge is 0.243 e. The first kappa shape index (κ1) is 17.0. The molecule has 0 bridgehead atoms. The second-order valence-electron chi connectivity index (χ2n) is 5.60. The number of nitrogens with zero attached hydrogens (tertiary/aromatic N) is 2. The van der Waals surface area contributed by atoms with Gasteiger partial charge in [-0.15, -0.1) is 0 Å². The summed E-state index contributed by atoms with van der Waals surface area (Å²) in [5, 5.41) is 5.03. The summed E-state index contributed by atoms with van der Waals surface area (Å²) in [6, 6.07) is 15.4. The zero-order valence-corrected chi connectivity index (χ0v) is 14.5. The molecule has 0 radical (unpaired) electrons. The highest BCUT2D eigenvalue weighted by Gasteiger charge is 2.15. The van der Waals surface area contributed by atoms with Crippen LogP contribution in [0.5, 0.6) is 0 Å². The van der Waals surface area contributed by atoms with Crippen molar-refractivity contribution < 1.29 is 4.52 Å². The number of aryl methyl sites for hydroxylation is 1. The van der Waals surface area contributed by atoms with Gasteiger partial charge in [-0.05, 0) is 36.1 Å².